The summed E-state index contributed by atoms with van der Waals surface area (Å²) in [6, 6.07) is 8.08. The van der Waals surface area contributed by atoms with Gasteiger partial charge in [-0.2, -0.15) is 0 Å². The molecule has 0 unspecified atom stereocenters. The molecule has 0 atom stereocenters. The van der Waals surface area contributed by atoms with Gasteiger partial charge in [0.05, 0.1) is 15.8 Å². The second kappa shape index (κ2) is 5.85. The molecule has 0 bridgehead atoms. The molecule has 0 aliphatic rings. The van der Waals surface area contributed by atoms with Crippen LogP contribution in [-0.4, -0.2) is 10.9 Å². The molecule has 0 spiro atoms. The summed E-state index contributed by atoms with van der Waals surface area (Å²) in [5, 5.41) is 3.02. The van der Waals surface area contributed by atoms with Crippen molar-refractivity contribution >= 4 is 33.1 Å². The summed E-state index contributed by atoms with van der Waals surface area (Å²) in [5.41, 5.74) is 6.17. The number of hydrogen-bond acceptors (Lipinski definition) is 2. The lowest BCUT2D eigenvalue weighted by molar-refractivity contribution is 0.102. The van der Waals surface area contributed by atoms with E-state index in [0.717, 1.165) is 27.3 Å². The molecule has 0 saturated heterocycles. The van der Waals surface area contributed by atoms with Crippen LogP contribution in [-0.2, 0) is 0 Å². The molecule has 3 rings (SSSR count). The van der Waals surface area contributed by atoms with Gasteiger partial charge in [0.1, 0.15) is 0 Å². The van der Waals surface area contributed by atoms with E-state index in [2.05, 4.69) is 43.2 Å². The van der Waals surface area contributed by atoms with Crippen LogP contribution < -0.4 is 5.32 Å². The Kier molecular flexibility index (Phi) is 4.02. The molecular weight excluding hydrogens is 304 g/mol. The van der Waals surface area contributed by atoms with Gasteiger partial charge in [0.2, 0.25) is 0 Å². The molecule has 2 aromatic heterocycles. The lowest BCUT2D eigenvalue weighted by Gasteiger charge is -2.08. The SMILES string of the molecule is Cc1[nH]c2c(C(=O)Nc3ccc(C(C)C)cc3)c(C)sc2c1C. The molecule has 0 radical (unpaired) electrons. The van der Waals surface area contributed by atoms with E-state index in [4.69, 9.17) is 0 Å². The smallest absolute Gasteiger partial charge is 0.258 e. The van der Waals surface area contributed by atoms with Crippen LogP contribution in [0.25, 0.3) is 10.2 Å². The molecule has 0 fully saturated rings. The van der Waals surface area contributed by atoms with Gasteiger partial charge < -0.3 is 10.3 Å². The number of amides is 1. The molecule has 23 heavy (non-hydrogen) atoms. The number of rotatable bonds is 3. The first kappa shape index (κ1) is 15.8. The number of nitrogens with one attached hydrogen (secondary N) is 2. The minimum atomic E-state index is -0.0488. The fourth-order valence-corrected chi connectivity index (χ4v) is 3.96. The van der Waals surface area contributed by atoms with Crippen molar-refractivity contribution in [3.8, 4) is 0 Å². The second-order valence-electron chi connectivity index (χ2n) is 6.34. The van der Waals surface area contributed by atoms with Crippen molar-refractivity contribution in [1.29, 1.82) is 0 Å². The summed E-state index contributed by atoms with van der Waals surface area (Å²) in [6.07, 6.45) is 0. The van der Waals surface area contributed by atoms with Crippen LogP contribution >= 0.6 is 11.3 Å². The largest absolute Gasteiger partial charge is 0.357 e. The quantitative estimate of drug-likeness (QED) is 0.653. The molecule has 2 heterocycles. The topological polar surface area (TPSA) is 44.9 Å². The number of carbonyl (C=O) groups is 1. The van der Waals surface area contributed by atoms with Gasteiger partial charge in [-0.1, -0.05) is 26.0 Å². The van der Waals surface area contributed by atoms with Crippen LogP contribution in [0.15, 0.2) is 24.3 Å². The molecule has 2 N–H and O–H groups in total. The van der Waals surface area contributed by atoms with Crippen molar-refractivity contribution < 1.29 is 4.79 Å². The first-order chi connectivity index (χ1) is 10.9. The van der Waals surface area contributed by atoms with Gasteiger partial charge >= 0.3 is 0 Å². The summed E-state index contributed by atoms with van der Waals surface area (Å²) in [7, 11) is 0. The van der Waals surface area contributed by atoms with Crippen LogP contribution in [0, 0.1) is 20.8 Å². The minimum absolute atomic E-state index is 0.0488. The molecule has 3 aromatic rings. The Balaban J connectivity index is 1.91. The zero-order valence-electron chi connectivity index (χ0n) is 14.2. The highest BCUT2D eigenvalue weighted by molar-refractivity contribution is 7.19. The van der Waals surface area contributed by atoms with Gasteiger partial charge in [0.15, 0.2) is 0 Å². The van der Waals surface area contributed by atoms with Crippen molar-refractivity contribution in [2.45, 2.75) is 40.5 Å². The molecule has 4 heteroatoms. The van der Waals surface area contributed by atoms with E-state index in [1.54, 1.807) is 11.3 Å². The number of aromatic amines is 1. The van der Waals surface area contributed by atoms with Gasteiger partial charge in [-0.15, -0.1) is 11.3 Å². The normalized spacial score (nSPS) is 11.4. The van der Waals surface area contributed by atoms with Crippen molar-refractivity contribution in [3.05, 3.63) is 51.5 Å². The lowest BCUT2D eigenvalue weighted by atomic mass is 10.0. The van der Waals surface area contributed by atoms with Gasteiger partial charge in [-0.05, 0) is 49.9 Å². The maximum absolute atomic E-state index is 12.7. The zero-order valence-corrected chi connectivity index (χ0v) is 15.0. The van der Waals surface area contributed by atoms with Crippen LogP contribution in [0.1, 0.15) is 51.8 Å². The van der Waals surface area contributed by atoms with E-state index in [1.165, 1.54) is 15.8 Å². The average molecular weight is 326 g/mol. The third kappa shape index (κ3) is 2.79. The highest BCUT2D eigenvalue weighted by Crippen LogP contribution is 2.34. The molecule has 3 nitrogen and oxygen atoms in total. The second-order valence-corrected chi connectivity index (χ2v) is 7.57. The molecule has 1 amide bonds. The molecule has 0 aliphatic heterocycles. The molecular formula is C19H22N2OS. The maximum Gasteiger partial charge on any atom is 0.258 e. The summed E-state index contributed by atoms with van der Waals surface area (Å²) in [5.74, 6) is 0.440. The summed E-state index contributed by atoms with van der Waals surface area (Å²) in [4.78, 5) is 17.1. The van der Waals surface area contributed by atoms with E-state index in [0.29, 0.717) is 5.92 Å². The van der Waals surface area contributed by atoms with Crippen LogP contribution in [0.3, 0.4) is 0 Å². The summed E-state index contributed by atoms with van der Waals surface area (Å²) in [6.45, 7) is 10.5. The summed E-state index contributed by atoms with van der Waals surface area (Å²) < 4.78 is 1.18. The number of aryl methyl sites for hydroxylation is 3. The zero-order chi connectivity index (χ0) is 16.7. The van der Waals surface area contributed by atoms with E-state index >= 15 is 0 Å². The Bertz CT molecular complexity index is 869. The van der Waals surface area contributed by atoms with Gasteiger partial charge in [0.25, 0.3) is 5.91 Å². The first-order valence-corrected chi connectivity index (χ1v) is 8.69. The van der Waals surface area contributed by atoms with Crippen molar-refractivity contribution in [2.75, 3.05) is 5.32 Å². The Morgan fingerprint density at radius 1 is 1.13 bits per heavy atom. The Morgan fingerprint density at radius 2 is 1.78 bits per heavy atom. The number of thiophene rings is 1. The van der Waals surface area contributed by atoms with Gasteiger partial charge in [0, 0.05) is 16.3 Å². The van der Waals surface area contributed by atoms with E-state index < -0.39 is 0 Å². The standard InChI is InChI=1S/C19H22N2OS/c1-10(2)14-6-8-15(9-7-14)21-19(22)16-13(5)23-18-11(3)12(4)20-17(16)18/h6-10,20H,1-5H3,(H,21,22). The number of H-pyrrole nitrogens is 1. The third-order valence-electron chi connectivity index (χ3n) is 4.36. The van der Waals surface area contributed by atoms with Crippen LogP contribution in [0.4, 0.5) is 5.69 Å². The fourth-order valence-electron chi connectivity index (χ4n) is 2.80. The van der Waals surface area contributed by atoms with Gasteiger partial charge in [-0.3, -0.25) is 4.79 Å². The number of anilines is 1. The van der Waals surface area contributed by atoms with Gasteiger partial charge in [-0.25, -0.2) is 0 Å². The van der Waals surface area contributed by atoms with Crippen LogP contribution in [0.2, 0.25) is 0 Å². The number of fused-ring (bicyclic) bond motifs is 1. The Morgan fingerprint density at radius 3 is 2.39 bits per heavy atom. The predicted molar refractivity (Wildman–Crippen MR) is 98.9 cm³/mol. The molecule has 120 valence electrons. The van der Waals surface area contributed by atoms with E-state index in [-0.39, 0.29) is 5.91 Å². The van der Waals surface area contributed by atoms with E-state index in [1.807, 2.05) is 26.0 Å². The fraction of sp³-hybridized carbons (Fsp3) is 0.316. The van der Waals surface area contributed by atoms with E-state index in [9.17, 15) is 4.79 Å². The maximum atomic E-state index is 12.7. The van der Waals surface area contributed by atoms with Crippen molar-refractivity contribution in [3.63, 3.8) is 0 Å². The summed E-state index contributed by atoms with van der Waals surface area (Å²) >= 11 is 1.68. The molecule has 0 aliphatic carbocycles. The van der Waals surface area contributed by atoms with Crippen LogP contribution in [0.5, 0.6) is 0 Å². The third-order valence-corrected chi connectivity index (χ3v) is 5.59. The predicted octanol–water partition coefficient (Wildman–Crippen LogP) is 5.53. The highest BCUT2D eigenvalue weighted by Gasteiger charge is 2.20. The first-order valence-electron chi connectivity index (χ1n) is 7.88. The number of aromatic nitrogens is 1. The molecule has 1 aromatic carbocycles. The Hall–Kier alpha value is -2.07. The number of hydrogen-bond donors (Lipinski definition) is 2. The molecule has 0 saturated carbocycles. The number of benzene rings is 1. The van der Waals surface area contributed by atoms with Crippen molar-refractivity contribution in [2.24, 2.45) is 0 Å². The Labute approximate surface area is 140 Å². The monoisotopic (exact) mass is 326 g/mol. The van der Waals surface area contributed by atoms with Crippen molar-refractivity contribution in [1.82, 2.24) is 4.98 Å². The average Bonchev–Trinajstić information content (AvgIpc) is 2.95. The number of carbonyl (C=O) groups excluding carboxylic acids is 1. The highest BCUT2D eigenvalue weighted by atomic mass is 32.1. The lowest BCUT2D eigenvalue weighted by Crippen LogP contribution is -2.12. The minimum Gasteiger partial charge on any atom is -0.357 e.